The fourth-order valence-corrected chi connectivity index (χ4v) is 2.39. The van der Waals surface area contributed by atoms with Gasteiger partial charge in [-0.3, -0.25) is 4.79 Å². The summed E-state index contributed by atoms with van der Waals surface area (Å²) in [5, 5.41) is 2.72. The predicted molar refractivity (Wildman–Crippen MR) is 103 cm³/mol. The van der Waals surface area contributed by atoms with Gasteiger partial charge in [0.1, 0.15) is 5.75 Å². The molecule has 0 bridgehead atoms. The fraction of sp³-hybridized carbons (Fsp3) is 0.350. The highest BCUT2D eigenvalue weighted by Crippen LogP contribution is 2.29. The molecule has 0 saturated carbocycles. The van der Waals surface area contributed by atoms with Crippen LogP contribution in [0.1, 0.15) is 26.2 Å². The summed E-state index contributed by atoms with van der Waals surface area (Å²) in [4.78, 5) is 11.0. The van der Waals surface area contributed by atoms with E-state index in [1.54, 1.807) is 19.2 Å². The molecule has 0 fully saturated rings. The molecular formula is C20H26N2O4. The third kappa shape index (κ3) is 6.55. The van der Waals surface area contributed by atoms with Crippen molar-refractivity contribution in [2.75, 3.05) is 31.4 Å². The van der Waals surface area contributed by atoms with Crippen molar-refractivity contribution in [3.05, 3.63) is 42.5 Å². The van der Waals surface area contributed by atoms with Crippen molar-refractivity contribution < 1.29 is 19.0 Å². The molecule has 1 amide bonds. The number of methoxy groups -OCH3 is 1. The number of unbranched alkanes of at least 4 members (excludes halogenated alkanes) is 2. The summed E-state index contributed by atoms with van der Waals surface area (Å²) in [6, 6.07) is 12.7. The first kappa shape index (κ1) is 19.4. The van der Waals surface area contributed by atoms with E-state index in [0.717, 1.165) is 30.7 Å². The van der Waals surface area contributed by atoms with Gasteiger partial charge in [-0.25, -0.2) is 0 Å². The molecule has 3 N–H and O–H groups in total. The van der Waals surface area contributed by atoms with Crippen LogP contribution in [0.3, 0.4) is 0 Å². The molecule has 2 aromatic rings. The smallest absolute Gasteiger partial charge is 0.221 e. The molecule has 6 heteroatoms. The van der Waals surface area contributed by atoms with Gasteiger partial charge in [-0.2, -0.15) is 0 Å². The number of nitrogens with two attached hydrogens (primary N) is 1. The molecule has 26 heavy (non-hydrogen) atoms. The summed E-state index contributed by atoms with van der Waals surface area (Å²) < 4.78 is 16.7. The number of carbonyl (C=O) groups is 1. The molecule has 0 aliphatic heterocycles. The highest BCUT2D eigenvalue weighted by Gasteiger charge is 2.04. The number of nitrogen functional groups attached to an aromatic ring is 1. The van der Waals surface area contributed by atoms with Crippen LogP contribution in [0.4, 0.5) is 11.4 Å². The highest BCUT2D eigenvalue weighted by molar-refractivity contribution is 5.88. The maximum absolute atomic E-state index is 11.0. The number of ether oxygens (including phenoxy) is 3. The zero-order chi connectivity index (χ0) is 18.8. The van der Waals surface area contributed by atoms with Crippen molar-refractivity contribution in [2.24, 2.45) is 0 Å². The Morgan fingerprint density at radius 1 is 0.962 bits per heavy atom. The second-order valence-electron chi connectivity index (χ2n) is 5.87. The first-order valence-corrected chi connectivity index (χ1v) is 8.65. The first-order valence-electron chi connectivity index (χ1n) is 8.65. The molecule has 0 saturated heterocycles. The lowest BCUT2D eigenvalue weighted by Gasteiger charge is -2.11. The minimum absolute atomic E-state index is 0.0857. The minimum atomic E-state index is -0.0857. The Labute approximate surface area is 154 Å². The van der Waals surface area contributed by atoms with Gasteiger partial charge in [0.2, 0.25) is 5.91 Å². The zero-order valence-corrected chi connectivity index (χ0v) is 15.3. The molecule has 0 aliphatic rings. The third-order valence-corrected chi connectivity index (χ3v) is 3.68. The van der Waals surface area contributed by atoms with Gasteiger partial charge >= 0.3 is 0 Å². The zero-order valence-electron chi connectivity index (χ0n) is 15.3. The van der Waals surface area contributed by atoms with Crippen LogP contribution >= 0.6 is 0 Å². The average Bonchev–Trinajstić information content (AvgIpc) is 2.62. The second kappa shape index (κ2) is 10.2. The second-order valence-corrected chi connectivity index (χ2v) is 5.87. The summed E-state index contributed by atoms with van der Waals surface area (Å²) in [5.74, 6) is 2.06. The van der Waals surface area contributed by atoms with Gasteiger partial charge in [-0.05, 0) is 55.7 Å². The molecule has 2 aromatic carbocycles. The van der Waals surface area contributed by atoms with Gasteiger partial charge in [0, 0.05) is 24.4 Å². The molecule has 0 heterocycles. The summed E-state index contributed by atoms with van der Waals surface area (Å²) in [7, 11) is 1.60. The predicted octanol–water partition coefficient (Wildman–Crippen LogP) is 3.86. The normalized spacial score (nSPS) is 10.2. The van der Waals surface area contributed by atoms with Crippen molar-refractivity contribution in [1.82, 2.24) is 0 Å². The largest absolute Gasteiger partial charge is 0.494 e. The molecule has 0 atom stereocenters. The van der Waals surface area contributed by atoms with E-state index < -0.39 is 0 Å². The maximum atomic E-state index is 11.0. The fourth-order valence-electron chi connectivity index (χ4n) is 2.39. The number of hydrogen-bond donors (Lipinski definition) is 2. The Bertz CT molecular complexity index is 701. The van der Waals surface area contributed by atoms with Crippen molar-refractivity contribution in [2.45, 2.75) is 26.2 Å². The van der Waals surface area contributed by atoms with Gasteiger partial charge in [-0.1, -0.05) is 0 Å². The van der Waals surface area contributed by atoms with E-state index in [0.29, 0.717) is 30.4 Å². The third-order valence-electron chi connectivity index (χ3n) is 3.68. The van der Waals surface area contributed by atoms with Crippen LogP contribution in [0.5, 0.6) is 17.2 Å². The lowest BCUT2D eigenvalue weighted by atomic mass is 10.2. The van der Waals surface area contributed by atoms with Crippen LogP contribution < -0.4 is 25.3 Å². The first-order chi connectivity index (χ1) is 12.6. The molecule has 2 rings (SSSR count). The highest BCUT2D eigenvalue weighted by atomic mass is 16.5. The van der Waals surface area contributed by atoms with E-state index >= 15 is 0 Å². The van der Waals surface area contributed by atoms with E-state index in [4.69, 9.17) is 19.9 Å². The van der Waals surface area contributed by atoms with E-state index in [1.165, 1.54) is 6.92 Å². The van der Waals surface area contributed by atoms with Crippen LogP contribution in [-0.2, 0) is 4.79 Å². The summed E-state index contributed by atoms with van der Waals surface area (Å²) in [6.45, 7) is 2.74. The van der Waals surface area contributed by atoms with Crippen LogP contribution in [0.2, 0.25) is 0 Å². The molecule has 0 unspecified atom stereocenters. The molecule has 6 nitrogen and oxygen atoms in total. The van der Waals surface area contributed by atoms with Crippen LogP contribution in [0.25, 0.3) is 0 Å². The van der Waals surface area contributed by atoms with Crippen molar-refractivity contribution >= 4 is 17.3 Å². The Morgan fingerprint density at radius 2 is 1.65 bits per heavy atom. The number of anilines is 2. The summed E-state index contributed by atoms with van der Waals surface area (Å²) >= 11 is 0. The van der Waals surface area contributed by atoms with Crippen LogP contribution in [0, 0.1) is 0 Å². The van der Waals surface area contributed by atoms with E-state index in [2.05, 4.69) is 5.32 Å². The lowest BCUT2D eigenvalue weighted by molar-refractivity contribution is -0.114. The van der Waals surface area contributed by atoms with E-state index in [-0.39, 0.29) is 5.91 Å². The number of carbonyl (C=O) groups excluding carboxylic acids is 1. The van der Waals surface area contributed by atoms with Gasteiger partial charge in [-0.15, -0.1) is 0 Å². The topological polar surface area (TPSA) is 82.8 Å². The molecule has 0 radical (unpaired) electrons. The van der Waals surface area contributed by atoms with Gasteiger partial charge < -0.3 is 25.3 Å². The van der Waals surface area contributed by atoms with Gasteiger partial charge in [0.15, 0.2) is 11.5 Å². The van der Waals surface area contributed by atoms with Crippen LogP contribution in [0.15, 0.2) is 42.5 Å². The number of benzene rings is 2. The number of nitrogens with one attached hydrogen (secondary N) is 1. The molecular weight excluding hydrogens is 332 g/mol. The van der Waals surface area contributed by atoms with Crippen molar-refractivity contribution in [3.63, 3.8) is 0 Å². The molecule has 140 valence electrons. The minimum Gasteiger partial charge on any atom is -0.494 e. The Kier molecular flexibility index (Phi) is 7.61. The Hall–Kier alpha value is -2.89. The number of amides is 1. The Balaban J connectivity index is 1.60. The number of hydrogen-bond acceptors (Lipinski definition) is 5. The van der Waals surface area contributed by atoms with E-state index in [1.807, 2.05) is 30.3 Å². The van der Waals surface area contributed by atoms with Gasteiger partial charge in [0.25, 0.3) is 0 Å². The van der Waals surface area contributed by atoms with Gasteiger partial charge in [0.05, 0.1) is 20.3 Å². The SMILES string of the molecule is COc1cc(N)ccc1OCCCCCOc1ccc(NC(C)=O)cc1. The van der Waals surface area contributed by atoms with E-state index in [9.17, 15) is 4.79 Å². The summed E-state index contributed by atoms with van der Waals surface area (Å²) in [6.07, 6.45) is 2.87. The lowest BCUT2D eigenvalue weighted by Crippen LogP contribution is -2.05. The summed E-state index contributed by atoms with van der Waals surface area (Å²) in [5.41, 5.74) is 7.14. The standard InChI is InChI=1S/C20H26N2O4/c1-15(23)22-17-7-9-18(10-8-17)25-12-4-3-5-13-26-19-11-6-16(21)14-20(19)24-2/h6-11,14H,3-5,12-13,21H2,1-2H3,(H,22,23). The van der Waals surface area contributed by atoms with Crippen LogP contribution in [-0.4, -0.2) is 26.2 Å². The monoisotopic (exact) mass is 358 g/mol. The maximum Gasteiger partial charge on any atom is 0.221 e. The molecule has 0 spiro atoms. The molecule has 0 aromatic heterocycles. The van der Waals surface area contributed by atoms with Crippen molar-refractivity contribution in [3.8, 4) is 17.2 Å². The molecule has 0 aliphatic carbocycles. The van der Waals surface area contributed by atoms with Crippen molar-refractivity contribution in [1.29, 1.82) is 0 Å². The quantitative estimate of drug-likeness (QED) is 0.498. The average molecular weight is 358 g/mol. The Morgan fingerprint density at radius 3 is 2.31 bits per heavy atom. The number of rotatable bonds is 10.